The average Bonchev–Trinajstić information content (AvgIpc) is 2.26. The third kappa shape index (κ3) is 6.96. The monoisotopic (exact) mass is 278 g/mol. The van der Waals surface area contributed by atoms with Crippen LogP contribution in [0.3, 0.4) is 0 Å². The molecule has 3 N–H and O–H groups in total. The number of carbonyl (C=O) groups is 3. The lowest BCUT2D eigenvalue weighted by molar-refractivity contribution is -0.138. The molecule has 0 aliphatic carbocycles. The number of hydrogen-bond acceptors (Lipinski definition) is 4. The van der Waals surface area contributed by atoms with E-state index in [-0.39, 0.29) is 25.4 Å². The van der Waals surface area contributed by atoms with Crippen molar-refractivity contribution in [3.63, 3.8) is 0 Å². The molecule has 0 fully saturated rings. The van der Waals surface area contributed by atoms with Crippen molar-refractivity contribution in [1.29, 1.82) is 0 Å². The van der Waals surface area contributed by atoms with Crippen LogP contribution in [-0.2, 0) is 18.9 Å². The number of nitrogens with one attached hydrogen (secondary N) is 1. The number of carboxylic acid groups (broad SMARTS) is 2. The summed E-state index contributed by atoms with van der Waals surface area (Å²) in [5.41, 5.74) is -0.935. The molecule has 0 aliphatic rings. The second-order valence-electron chi connectivity index (χ2n) is 3.63. The Morgan fingerprint density at radius 3 is 2.17 bits per heavy atom. The number of amides is 1. The number of carbonyl (C=O) groups excluding carboxylic acids is 1. The summed E-state index contributed by atoms with van der Waals surface area (Å²) in [6.07, 6.45) is -0.726. The average molecular weight is 278 g/mol. The Morgan fingerprint density at radius 2 is 1.72 bits per heavy atom. The number of hydrogen-bond donors (Lipinski definition) is 3. The molecular formula is C10H17NO6P+. The van der Waals surface area contributed by atoms with Crippen molar-refractivity contribution in [2.45, 2.75) is 31.8 Å². The highest BCUT2D eigenvalue weighted by Gasteiger charge is 2.37. The molecule has 2 unspecified atom stereocenters. The molecule has 18 heavy (non-hydrogen) atoms. The summed E-state index contributed by atoms with van der Waals surface area (Å²) in [7, 11) is -2.06. The van der Waals surface area contributed by atoms with Crippen LogP contribution in [0, 0.1) is 0 Å². The van der Waals surface area contributed by atoms with Gasteiger partial charge in [-0.05, 0) is 6.92 Å². The van der Waals surface area contributed by atoms with Gasteiger partial charge in [0.1, 0.15) is 0 Å². The highest BCUT2D eigenvalue weighted by molar-refractivity contribution is 7.46. The topological polar surface area (TPSA) is 121 Å². The molecule has 0 saturated heterocycles. The second-order valence-corrected chi connectivity index (χ2v) is 5.53. The van der Waals surface area contributed by atoms with Crippen molar-refractivity contribution in [3.8, 4) is 0 Å². The quantitative estimate of drug-likeness (QED) is 0.533. The molecule has 0 aliphatic heterocycles. The van der Waals surface area contributed by atoms with Crippen LogP contribution >= 0.6 is 7.80 Å². The van der Waals surface area contributed by atoms with E-state index in [1.807, 2.05) is 0 Å². The van der Waals surface area contributed by atoms with E-state index in [1.165, 1.54) is 0 Å². The van der Waals surface area contributed by atoms with Gasteiger partial charge < -0.3 is 15.5 Å². The zero-order valence-corrected chi connectivity index (χ0v) is 11.0. The van der Waals surface area contributed by atoms with Gasteiger partial charge in [0, 0.05) is 13.0 Å². The minimum absolute atomic E-state index is 0.0456. The Bertz CT molecular complexity index is 343. The van der Waals surface area contributed by atoms with Crippen molar-refractivity contribution in [2.75, 3.05) is 12.7 Å². The van der Waals surface area contributed by atoms with Gasteiger partial charge in [-0.25, -0.2) is 0 Å². The van der Waals surface area contributed by atoms with E-state index in [1.54, 1.807) is 6.92 Å². The van der Waals surface area contributed by atoms with Crippen molar-refractivity contribution in [3.05, 3.63) is 0 Å². The maximum atomic E-state index is 11.8. The maximum absolute atomic E-state index is 11.8. The maximum Gasteiger partial charge on any atom is 0.352 e. The van der Waals surface area contributed by atoms with E-state index >= 15 is 0 Å². The van der Waals surface area contributed by atoms with Gasteiger partial charge in [-0.15, -0.1) is 0 Å². The largest absolute Gasteiger partial charge is 0.481 e. The van der Waals surface area contributed by atoms with E-state index in [0.29, 0.717) is 6.54 Å². The summed E-state index contributed by atoms with van der Waals surface area (Å²) in [6.45, 7) is 2.04. The molecule has 0 rings (SSSR count). The Hall–Kier alpha value is -1.49. The lowest BCUT2D eigenvalue weighted by Crippen LogP contribution is -2.33. The fraction of sp³-hybridized carbons (Fsp3) is 0.700. The van der Waals surface area contributed by atoms with Crippen molar-refractivity contribution in [2.24, 2.45) is 0 Å². The Morgan fingerprint density at radius 1 is 1.17 bits per heavy atom. The van der Waals surface area contributed by atoms with E-state index in [0.717, 1.165) is 0 Å². The Labute approximate surface area is 105 Å². The van der Waals surface area contributed by atoms with Gasteiger partial charge in [-0.2, -0.15) is 0 Å². The summed E-state index contributed by atoms with van der Waals surface area (Å²) < 4.78 is 11.8. The van der Waals surface area contributed by atoms with Gasteiger partial charge in [0.2, 0.25) is 5.66 Å². The first kappa shape index (κ1) is 16.5. The Kier molecular flexibility index (Phi) is 7.87. The van der Waals surface area contributed by atoms with Crippen molar-refractivity contribution >= 4 is 25.6 Å². The van der Waals surface area contributed by atoms with Crippen LogP contribution in [-0.4, -0.2) is 46.4 Å². The SMILES string of the molecule is CCNC(=O)C(CCC(=O)O)[P+](=O)CCC(=O)O. The molecular weight excluding hydrogens is 261 g/mol. The molecule has 0 heterocycles. The first-order chi connectivity index (χ1) is 8.38. The van der Waals surface area contributed by atoms with Crippen LogP contribution in [0.2, 0.25) is 0 Å². The normalized spacial score (nSPS) is 12.6. The van der Waals surface area contributed by atoms with Crippen LogP contribution < -0.4 is 5.32 Å². The first-order valence-corrected chi connectivity index (χ1v) is 7.05. The minimum Gasteiger partial charge on any atom is -0.481 e. The van der Waals surface area contributed by atoms with Gasteiger partial charge in [-0.3, -0.25) is 14.4 Å². The zero-order valence-electron chi connectivity index (χ0n) is 10.1. The summed E-state index contributed by atoms with van der Waals surface area (Å²) in [6, 6.07) is 0. The van der Waals surface area contributed by atoms with E-state index < -0.39 is 31.3 Å². The third-order valence-electron chi connectivity index (χ3n) is 2.18. The van der Waals surface area contributed by atoms with Gasteiger partial charge >= 0.3 is 19.7 Å². The van der Waals surface area contributed by atoms with Crippen LogP contribution in [0.1, 0.15) is 26.2 Å². The van der Waals surface area contributed by atoms with Crippen LogP contribution in [0.25, 0.3) is 0 Å². The number of rotatable bonds is 9. The van der Waals surface area contributed by atoms with Crippen molar-refractivity contribution in [1.82, 2.24) is 5.32 Å². The van der Waals surface area contributed by atoms with Crippen molar-refractivity contribution < 1.29 is 29.2 Å². The smallest absolute Gasteiger partial charge is 0.352 e. The molecule has 0 bridgehead atoms. The fourth-order valence-electron chi connectivity index (χ4n) is 1.32. The summed E-state index contributed by atoms with van der Waals surface area (Å²) in [4.78, 5) is 32.4. The zero-order chi connectivity index (χ0) is 14.1. The van der Waals surface area contributed by atoms with E-state index in [4.69, 9.17) is 10.2 Å². The third-order valence-corrected chi connectivity index (χ3v) is 4.03. The molecule has 0 aromatic carbocycles. The van der Waals surface area contributed by atoms with E-state index in [9.17, 15) is 18.9 Å². The molecule has 8 heteroatoms. The number of aliphatic carboxylic acids is 2. The summed E-state index contributed by atoms with van der Waals surface area (Å²) >= 11 is 0. The molecule has 2 atom stereocenters. The standard InChI is InChI=1S/C10H16NO6P/c1-2-11-10(16)7(3-4-8(12)13)18(17)6-5-9(14)15/h7H,2-6H2,1H3,(H2-,11,12,13,14,15,16)/p+1. The van der Waals surface area contributed by atoms with Gasteiger partial charge in [0.25, 0.3) is 5.91 Å². The second kappa shape index (κ2) is 8.58. The van der Waals surface area contributed by atoms with Crippen LogP contribution in [0.15, 0.2) is 0 Å². The predicted octanol–water partition coefficient (Wildman–Crippen LogP) is 0.658. The van der Waals surface area contributed by atoms with Gasteiger partial charge in [0.05, 0.1) is 12.8 Å². The molecule has 0 aromatic heterocycles. The van der Waals surface area contributed by atoms with Gasteiger partial charge in [0.15, 0.2) is 6.16 Å². The molecule has 7 nitrogen and oxygen atoms in total. The highest BCUT2D eigenvalue weighted by Crippen LogP contribution is 2.32. The lowest BCUT2D eigenvalue weighted by atomic mass is 10.2. The molecule has 0 radical (unpaired) electrons. The molecule has 0 saturated carbocycles. The minimum atomic E-state index is -2.06. The van der Waals surface area contributed by atoms with Gasteiger partial charge in [-0.1, -0.05) is 4.57 Å². The van der Waals surface area contributed by atoms with E-state index in [2.05, 4.69) is 5.32 Å². The summed E-state index contributed by atoms with van der Waals surface area (Å²) in [5.74, 6) is -2.65. The number of carboxylic acids is 2. The fourth-order valence-corrected chi connectivity index (χ4v) is 2.81. The molecule has 0 aromatic rings. The predicted molar refractivity (Wildman–Crippen MR) is 64.1 cm³/mol. The highest BCUT2D eigenvalue weighted by atomic mass is 31.1. The molecule has 0 spiro atoms. The molecule has 102 valence electrons. The van der Waals surface area contributed by atoms with Crippen LogP contribution in [0.5, 0.6) is 0 Å². The van der Waals surface area contributed by atoms with Crippen LogP contribution in [0.4, 0.5) is 0 Å². The summed E-state index contributed by atoms with van der Waals surface area (Å²) in [5, 5.41) is 19.5. The molecule has 1 amide bonds. The first-order valence-electron chi connectivity index (χ1n) is 5.53. The Balaban J connectivity index is 4.52. The lowest BCUT2D eigenvalue weighted by Gasteiger charge is -2.06.